The molecule has 1 fully saturated rings. The molecule has 0 aliphatic carbocycles. The number of hydrogen-bond donors (Lipinski definition) is 2. The molecule has 102 valence electrons. The monoisotopic (exact) mass is 272 g/mol. The number of H-pyrrole nitrogens is 1. The van der Waals surface area contributed by atoms with Crippen molar-refractivity contribution in [2.24, 2.45) is 5.73 Å². The number of aromatic amines is 1. The molecule has 0 bridgehead atoms. The average Bonchev–Trinajstić information content (AvgIpc) is 2.77. The molecule has 2 unspecified atom stereocenters. The average molecular weight is 272 g/mol. The Morgan fingerprint density at radius 3 is 2.89 bits per heavy atom. The lowest BCUT2D eigenvalue weighted by Crippen LogP contribution is -2.48. The summed E-state index contributed by atoms with van der Waals surface area (Å²) in [5, 5.41) is 0.182. The van der Waals surface area contributed by atoms with Gasteiger partial charge in [-0.05, 0) is 19.8 Å². The summed E-state index contributed by atoms with van der Waals surface area (Å²) in [6, 6.07) is 0.0338. The predicted molar refractivity (Wildman–Crippen MR) is 68.5 cm³/mol. The van der Waals surface area contributed by atoms with Gasteiger partial charge >= 0.3 is 0 Å². The third kappa shape index (κ3) is 2.43. The third-order valence-corrected chi connectivity index (χ3v) is 5.31. The minimum absolute atomic E-state index is 0.0628. The molecule has 0 radical (unpaired) electrons. The first-order chi connectivity index (χ1) is 8.45. The highest BCUT2D eigenvalue weighted by molar-refractivity contribution is 7.89. The van der Waals surface area contributed by atoms with E-state index in [0.29, 0.717) is 31.6 Å². The standard InChI is InChI=1S/C11H20N4O2S/c1-3-10-13-7-11(14-10)18(16,17)15-5-4-9(12)6-8(15)2/h7-9H,3-6,12H2,1-2H3,(H,13,14). The molecule has 3 N–H and O–H groups in total. The minimum Gasteiger partial charge on any atom is -0.332 e. The predicted octanol–water partition coefficient (Wildman–Crippen LogP) is 0.472. The van der Waals surface area contributed by atoms with Crippen molar-refractivity contribution in [3.8, 4) is 0 Å². The van der Waals surface area contributed by atoms with Crippen LogP contribution in [0.3, 0.4) is 0 Å². The first kappa shape index (κ1) is 13.5. The summed E-state index contributed by atoms with van der Waals surface area (Å²) in [7, 11) is -3.46. The van der Waals surface area contributed by atoms with E-state index < -0.39 is 10.0 Å². The molecule has 6 nitrogen and oxygen atoms in total. The maximum atomic E-state index is 12.4. The first-order valence-corrected chi connectivity index (χ1v) is 7.70. The zero-order chi connectivity index (χ0) is 13.3. The second kappa shape index (κ2) is 4.99. The molecule has 1 aromatic heterocycles. The van der Waals surface area contributed by atoms with Crippen molar-refractivity contribution < 1.29 is 8.42 Å². The first-order valence-electron chi connectivity index (χ1n) is 6.26. The van der Waals surface area contributed by atoms with Gasteiger partial charge in [0.1, 0.15) is 5.82 Å². The number of sulfonamides is 1. The third-order valence-electron chi connectivity index (χ3n) is 3.38. The molecule has 1 aliphatic rings. The van der Waals surface area contributed by atoms with Gasteiger partial charge in [0, 0.05) is 25.0 Å². The molecule has 1 aromatic rings. The van der Waals surface area contributed by atoms with Crippen LogP contribution in [0.1, 0.15) is 32.5 Å². The number of nitrogens with zero attached hydrogens (tertiary/aromatic N) is 2. The molecule has 0 spiro atoms. The van der Waals surface area contributed by atoms with Crippen molar-refractivity contribution in [2.45, 2.75) is 50.2 Å². The zero-order valence-corrected chi connectivity index (χ0v) is 11.6. The van der Waals surface area contributed by atoms with Crippen LogP contribution < -0.4 is 5.73 Å². The van der Waals surface area contributed by atoms with E-state index in [2.05, 4.69) is 9.97 Å². The van der Waals surface area contributed by atoms with Crippen molar-refractivity contribution in [1.82, 2.24) is 14.3 Å². The topological polar surface area (TPSA) is 92.1 Å². The number of aryl methyl sites for hydroxylation is 1. The van der Waals surface area contributed by atoms with Gasteiger partial charge in [0.25, 0.3) is 10.0 Å². The summed E-state index contributed by atoms with van der Waals surface area (Å²) in [5.41, 5.74) is 5.85. The lowest BCUT2D eigenvalue weighted by Gasteiger charge is -2.34. The van der Waals surface area contributed by atoms with Crippen LogP contribution in [-0.4, -0.2) is 41.3 Å². The van der Waals surface area contributed by atoms with Crippen molar-refractivity contribution in [3.05, 3.63) is 12.0 Å². The van der Waals surface area contributed by atoms with E-state index in [1.165, 1.54) is 10.5 Å². The largest absolute Gasteiger partial charge is 0.332 e. The van der Waals surface area contributed by atoms with Crippen LogP contribution >= 0.6 is 0 Å². The number of imidazole rings is 1. The van der Waals surface area contributed by atoms with E-state index in [9.17, 15) is 8.42 Å². The number of rotatable bonds is 3. The summed E-state index contributed by atoms with van der Waals surface area (Å²) < 4.78 is 26.4. The Morgan fingerprint density at radius 2 is 2.33 bits per heavy atom. The highest BCUT2D eigenvalue weighted by atomic mass is 32.2. The van der Waals surface area contributed by atoms with E-state index in [1.54, 1.807) is 0 Å². The van der Waals surface area contributed by atoms with E-state index in [-0.39, 0.29) is 17.1 Å². The summed E-state index contributed by atoms with van der Waals surface area (Å²) in [5.74, 6) is 0.690. The van der Waals surface area contributed by atoms with Crippen molar-refractivity contribution >= 4 is 10.0 Å². The maximum absolute atomic E-state index is 12.4. The van der Waals surface area contributed by atoms with Gasteiger partial charge in [0.05, 0.1) is 6.20 Å². The molecule has 7 heteroatoms. The van der Waals surface area contributed by atoms with Crippen LogP contribution in [0.25, 0.3) is 0 Å². The lowest BCUT2D eigenvalue weighted by molar-refractivity contribution is 0.246. The lowest BCUT2D eigenvalue weighted by atomic mass is 10.0. The molecule has 2 heterocycles. The van der Waals surface area contributed by atoms with Crippen LogP contribution in [0.4, 0.5) is 0 Å². The molecule has 0 amide bonds. The molecular weight excluding hydrogens is 252 g/mol. The fourth-order valence-corrected chi connectivity index (χ4v) is 3.92. The van der Waals surface area contributed by atoms with E-state index in [1.807, 2.05) is 13.8 Å². The number of aromatic nitrogens is 2. The van der Waals surface area contributed by atoms with Gasteiger partial charge < -0.3 is 10.7 Å². The second-order valence-electron chi connectivity index (χ2n) is 4.80. The Hall–Kier alpha value is -0.920. The number of piperidine rings is 1. The van der Waals surface area contributed by atoms with Gasteiger partial charge in [-0.15, -0.1) is 0 Å². The molecule has 0 saturated carbocycles. The van der Waals surface area contributed by atoms with Crippen molar-refractivity contribution in [1.29, 1.82) is 0 Å². The molecule has 0 aromatic carbocycles. The highest BCUT2D eigenvalue weighted by Crippen LogP contribution is 2.23. The summed E-state index contributed by atoms with van der Waals surface area (Å²) >= 11 is 0. The fraction of sp³-hybridized carbons (Fsp3) is 0.727. The van der Waals surface area contributed by atoms with Crippen molar-refractivity contribution in [2.75, 3.05) is 6.54 Å². The van der Waals surface area contributed by atoms with Gasteiger partial charge in [0.15, 0.2) is 5.03 Å². The Labute approximate surface area is 108 Å². The summed E-state index contributed by atoms with van der Waals surface area (Å²) in [6.07, 6.45) is 3.50. The quantitative estimate of drug-likeness (QED) is 0.836. The number of hydrogen-bond acceptors (Lipinski definition) is 4. The Bertz CT molecular complexity index is 511. The van der Waals surface area contributed by atoms with E-state index in [4.69, 9.17) is 5.73 Å². The van der Waals surface area contributed by atoms with Gasteiger partial charge in [-0.1, -0.05) is 6.92 Å². The Morgan fingerprint density at radius 1 is 1.61 bits per heavy atom. The van der Waals surface area contributed by atoms with Crippen molar-refractivity contribution in [3.63, 3.8) is 0 Å². The fourth-order valence-electron chi connectivity index (χ4n) is 2.32. The van der Waals surface area contributed by atoms with Gasteiger partial charge in [-0.3, -0.25) is 0 Å². The van der Waals surface area contributed by atoms with E-state index >= 15 is 0 Å². The molecular formula is C11H20N4O2S. The number of nitrogens with one attached hydrogen (secondary N) is 1. The smallest absolute Gasteiger partial charge is 0.260 e. The second-order valence-corrected chi connectivity index (χ2v) is 6.66. The van der Waals surface area contributed by atoms with Crippen LogP contribution in [0.2, 0.25) is 0 Å². The Kier molecular flexibility index (Phi) is 3.74. The van der Waals surface area contributed by atoms with Gasteiger partial charge in [0.2, 0.25) is 0 Å². The molecule has 18 heavy (non-hydrogen) atoms. The van der Waals surface area contributed by atoms with Crippen LogP contribution in [-0.2, 0) is 16.4 Å². The van der Waals surface area contributed by atoms with Gasteiger partial charge in [-0.2, -0.15) is 4.31 Å². The number of nitrogens with two attached hydrogens (primary N) is 1. The summed E-state index contributed by atoms with van der Waals surface area (Å²) in [4.78, 5) is 6.91. The highest BCUT2D eigenvalue weighted by Gasteiger charge is 2.34. The van der Waals surface area contributed by atoms with Crippen LogP contribution in [0, 0.1) is 0 Å². The Balaban J connectivity index is 2.25. The molecule has 2 atom stereocenters. The summed E-state index contributed by atoms with van der Waals surface area (Å²) in [6.45, 7) is 4.30. The minimum atomic E-state index is -3.46. The molecule has 1 saturated heterocycles. The molecule has 2 rings (SSSR count). The zero-order valence-electron chi connectivity index (χ0n) is 10.8. The van der Waals surface area contributed by atoms with E-state index in [0.717, 1.165) is 0 Å². The van der Waals surface area contributed by atoms with Crippen LogP contribution in [0.5, 0.6) is 0 Å². The molecule has 1 aliphatic heterocycles. The normalized spacial score (nSPS) is 26.4. The SMILES string of the molecule is CCc1ncc(S(=O)(=O)N2CCC(N)CC2C)[nH]1. The van der Waals surface area contributed by atoms with Crippen LogP contribution in [0.15, 0.2) is 11.2 Å². The van der Waals surface area contributed by atoms with Gasteiger partial charge in [-0.25, -0.2) is 13.4 Å². The maximum Gasteiger partial charge on any atom is 0.260 e.